The number of hydrogen-bond donors (Lipinski definition) is 1. The first-order valence-electron chi connectivity index (χ1n) is 8.46. The second-order valence-corrected chi connectivity index (χ2v) is 5.84. The van der Waals surface area contributed by atoms with E-state index in [4.69, 9.17) is 19.7 Å². The van der Waals surface area contributed by atoms with Crippen molar-refractivity contribution in [3.63, 3.8) is 0 Å². The van der Waals surface area contributed by atoms with Crippen LogP contribution in [0.1, 0.15) is 34.8 Å². The number of amides is 1. The second kappa shape index (κ2) is 11.5. The summed E-state index contributed by atoms with van der Waals surface area (Å²) in [6, 6.07) is 15.2. The number of benzene rings is 2. The Hall–Kier alpha value is -2.35. The molecule has 0 fully saturated rings. The summed E-state index contributed by atoms with van der Waals surface area (Å²) < 4.78 is 5.39. The topological polar surface area (TPSA) is 107 Å². The van der Waals surface area contributed by atoms with Crippen molar-refractivity contribution in [3.05, 3.63) is 65.2 Å². The molecule has 0 unspecified atom stereocenters. The minimum Gasteiger partial charge on any atom is -0.565 e. The van der Waals surface area contributed by atoms with Crippen molar-refractivity contribution in [2.75, 3.05) is 11.4 Å². The number of hydrogen-bond acceptors (Lipinski definition) is 5. The van der Waals surface area contributed by atoms with Crippen LogP contribution in [-0.2, 0) is 17.8 Å². The first-order valence-corrected chi connectivity index (χ1v) is 8.46. The third-order valence-electron chi connectivity index (χ3n) is 4.05. The number of ketones is 1. The summed E-state index contributed by atoms with van der Waals surface area (Å²) in [6.07, 6.45) is -1.30. The Morgan fingerprint density at radius 1 is 1.14 bits per heavy atom. The maximum Gasteiger partial charge on any atom is 1.00 e. The number of carbonyl (C=O) groups excluding carboxylic acids is 2. The summed E-state index contributed by atoms with van der Waals surface area (Å²) >= 11 is 0. The number of carbonyl (C=O) groups is 3. The molecular formula is C20H20NNaO6. The number of ether oxygens (including phenoxy) is 1. The van der Waals surface area contributed by atoms with Crippen LogP contribution < -0.4 is 39.6 Å². The molecule has 2 aromatic rings. The molecule has 0 spiro atoms. The van der Waals surface area contributed by atoms with Gasteiger partial charge in [-0.25, -0.2) is 4.79 Å². The van der Waals surface area contributed by atoms with E-state index in [0.29, 0.717) is 24.2 Å². The predicted molar refractivity (Wildman–Crippen MR) is 96.8 cm³/mol. The van der Waals surface area contributed by atoms with E-state index in [1.165, 1.54) is 0 Å². The van der Waals surface area contributed by atoms with Crippen LogP contribution in [0.4, 0.5) is 15.3 Å². The third kappa shape index (κ3) is 6.67. The van der Waals surface area contributed by atoms with E-state index in [2.05, 4.69) is 0 Å². The molecule has 1 aliphatic heterocycles. The van der Waals surface area contributed by atoms with Crippen LogP contribution in [0, 0.1) is 0 Å². The van der Waals surface area contributed by atoms with Crippen LogP contribution >= 0.6 is 0 Å². The van der Waals surface area contributed by atoms with Crippen molar-refractivity contribution in [2.24, 2.45) is 0 Å². The van der Waals surface area contributed by atoms with Crippen LogP contribution in [0.25, 0.3) is 0 Å². The van der Waals surface area contributed by atoms with Crippen molar-refractivity contribution < 1.29 is 58.9 Å². The van der Waals surface area contributed by atoms with Crippen molar-refractivity contribution in [1.29, 1.82) is 0 Å². The van der Waals surface area contributed by atoms with E-state index in [-0.39, 0.29) is 41.9 Å². The van der Waals surface area contributed by atoms with Gasteiger partial charge in [0.2, 0.25) is 6.16 Å². The molecular weight excluding hydrogens is 373 g/mol. The number of aryl methyl sites for hydroxylation is 1. The van der Waals surface area contributed by atoms with Gasteiger partial charge < -0.3 is 19.7 Å². The smallest absolute Gasteiger partial charge is 0.565 e. The summed E-state index contributed by atoms with van der Waals surface area (Å²) in [6.45, 7) is 2.64. The van der Waals surface area contributed by atoms with Crippen molar-refractivity contribution in [2.45, 2.75) is 26.4 Å². The first-order chi connectivity index (χ1) is 12.9. The number of carboxylic acid groups (broad SMARTS) is 2. The zero-order valence-electron chi connectivity index (χ0n) is 15.9. The standard InChI is InChI=1S/C19H19NO3.CH2O3.Na/c1-2-14-8-9-17-16(12-14)18(21)10-11-20(17)19(22)23-13-15-6-4-3-5-7-15;2-1(3)4;/h3-9,12H,2,10-11,13H2,1H3;(H2,2,3,4);/q;;+1/p-1. The van der Waals surface area contributed by atoms with Gasteiger partial charge in [-0.15, -0.1) is 0 Å². The van der Waals surface area contributed by atoms with Gasteiger partial charge in [0.25, 0.3) is 0 Å². The number of Topliss-reactive ketones (excluding diaryl/α,β-unsaturated/α-hetero) is 1. The fourth-order valence-electron chi connectivity index (χ4n) is 2.72. The van der Waals surface area contributed by atoms with Crippen LogP contribution in [0.2, 0.25) is 0 Å². The molecule has 1 amide bonds. The van der Waals surface area contributed by atoms with Gasteiger partial charge in [-0.1, -0.05) is 43.3 Å². The first kappa shape index (κ1) is 23.7. The molecule has 0 aromatic heterocycles. The molecule has 0 bridgehead atoms. The van der Waals surface area contributed by atoms with Gasteiger partial charge in [-0.2, -0.15) is 0 Å². The molecule has 142 valence electrons. The Labute approximate surface area is 185 Å². The summed E-state index contributed by atoms with van der Waals surface area (Å²) in [4.78, 5) is 34.5. The Morgan fingerprint density at radius 3 is 2.39 bits per heavy atom. The maximum absolute atomic E-state index is 12.4. The van der Waals surface area contributed by atoms with Gasteiger partial charge in [0.15, 0.2) is 5.78 Å². The molecule has 1 heterocycles. The number of nitrogens with zero attached hydrogens (tertiary/aromatic N) is 1. The normalized spacial score (nSPS) is 12.0. The Balaban J connectivity index is 0.000000717. The molecule has 3 rings (SSSR count). The Kier molecular flexibility index (Phi) is 9.72. The quantitative estimate of drug-likeness (QED) is 0.728. The molecule has 7 nitrogen and oxygen atoms in total. The number of anilines is 1. The Bertz CT molecular complexity index is 821. The summed E-state index contributed by atoms with van der Waals surface area (Å²) in [7, 11) is 0. The fraction of sp³-hybridized carbons (Fsp3) is 0.250. The number of fused-ring (bicyclic) bond motifs is 1. The van der Waals surface area contributed by atoms with E-state index in [1.54, 1.807) is 4.90 Å². The van der Waals surface area contributed by atoms with E-state index >= 15 is 0 Å². The van der Waals surface area contributed by atoms with Crippen molar-refractivity contribution in [1.82, 2.24) is 0 Å². The second-order valence-electron chi connectivity index (χ2n) is 5.84. The van der Waals surface area contributed by atoms with E-state index < -0.39 is 12.2 Å². The SMILES string of the molecule is CCc1ccc2c(c1)C(=O)CCN2C(=O)OCc1ccccc1.O=C([O-])O.[Na+]. The Morgan fingerprint density at radius 2 is 1.79 bits per heavy atom. The predicted octanol–water partition coefficient (Wildman–Crippen LogP) is -0.130. The maximum atomic E-state index is 12.4. The van der Waals surface area contributed by atoms with E-state index in [0.717, 1.165) is 17.5 Å². The average Bonchev–Trinajstić information content (AvgIpc) is 2.66. The zero-order chi connectivity index (χ0) is 19.8. The molecule has 0 atom stereocenters. The van der Waals surface area contributed by atoms with Crippen LogP contribution in [0.3, 0.4) is 0 Å². The molecule has 0 radical (unpaired) electrons. The van der Waals surface area contributed by atoms with Crippen LogP contribution in [0.5, 0.6) is 0 Å². The van der Waals surface area contributed by atoms with Gasteiger partial charge in [0.05, 0.1) is 5.69 Å². The fourth-order valence-corrected chi connectivity index (χ4v) is 2.72. The zero-order valence-corrected chi connectivity index (χ0v) is 17.9. The van der Waals surface area contributed by atoms with E-state index in [9.17, 15) is 9.59 Å². The van der Waals surface area contributed by atoms with Crippen LogP contribution in [0.15, 0.2) is 48.5 Å². The molecule has 0 saturated heterocycles. The molecule has 1 aliphatic rings. The van der Waals surface area contributed by atoms with Gasteiger partial charge in [0.1, 0.15) is 6.61 Å². The molecule has 8 heteroatoms. The molecule has 28 heavy (non-hydrogen) atoms. The van der Waals surface area contributed by atoms with Crippen molar-refractivity contribution in [3.8, 4) is 0 Å². The monoisotopic (exact) mass is 393 g/mol. The van der Waals surface area contributed by atoms with Gasteiger partial charge in [0, 0.05) is 18.5 Å². The summed E-state index contributed by atoms with van der Waals surface area (Å²) in [5.74, 6) is 0.0856. The minimum atomic E-state index is -2.08. The minimum absolute atomic E-state index is 0. The molecule has 2 aromatic carbocycles. The third-order valence-corrected chi connectivity index (χ3v) is 4.05. The van der Waals surface area contributed by atoms with Gasteiger partial charge >= 0.3 is 35.7 Å². The molecule has 0 saturated carbocycles. The van der Waals surface area contributed by atoms with Crippen molar-refractivity contribution >= 4 is 23.7 Å². The van der Waals surface area contributed by atoms with Crippen LogP contribution in [-0.4, -0.2) is 29.7 Å². The van der Waals surface area contributed by atoms with Gasteiger partial charge in [-0.05, 0) is 29.7 Å². The summed E-state index contributed by atoms with van der Waals surface area (Å²) in [5, 5.41) is 15.3. The number of rotatable bonds is 3. The summed E-state index contributed by atoms with van der Waals surface area (Å²) in [5.41, 5.74) is 3.30. The molecule has 0 aliphatic carbocycles. The molecule has 1 N–H and O–H groups in total. The van der Waals surface area contributed by atoms with Gasteiger partial charge in [-0.3, -0.25) is 9.69 Å². The average molecular weight is 393 g/mol. The largest absolute Gasteiger partial charge is 1.00 e. The van der Waals surface area contributed by atoms with E-state index in [1.807, 2.05) is 55.5 Å².